The molecular formula is C22H27FN2O2. The van der Waals surface area contributed by atoms with E-state index in [0.29, 0.717) is 13.1 Å². The van der Waals surface area contributed by atoms with E-state index in [1.807, 2.05) is 43.0 Å². The molecule has 4 nitrogen and oxygen atoms in total. The summed E-state index contributed by atoms with van der Waals surface area (Å²) < 4.78 is 19.3. The van der Waals surface area contributed by atoms with Gasteiger partial charge in [0.05, 0.1) is 12.6 Å². The zero-order valence-corrected chi connectivity index (χ0v) is 16.0. The molecule has 1 N–H and O–H groups in total. The summed E-state index contributed by atoms with van der Waals surface area (Å²) in [6.45, 7) is 6.20. The summed E-state index contributed by atoms with van der Waals surface area (Å²) in [5.41, 5.74) is 3.89. The average Bonchev–Trinajstić information content (AvgIpc) is 3.10. The number of nitrogens with zero attached hydrogens (tertiary/aromatic N) is 1. The van der Waals surface area contributed by atoms with E-state index in [1.165, 1.54) is 12.1 Å². The first-order valence-corrected chi connectivity index (χ1v) is 9.45. The molecule has 1 unspecified atom stereocenters. The molecule has 1 atom stereocenters. The second-order valence-corrected chi connectivity index (χ2v) is 7.30. The number of carbonyl (C=O) groups excluding carboxylic acids is 1. The molecule has 0 aliphatic carbocycles. The fraction of sp³-hybridized carbons (Fsp3) is 0.409. The van der Waals surface area contributed by atoms with E-state index in [2.05, 4.69) is 5.32 Å². The molecule has 1 heterocycles. The van der Waals surface area contributed by atoms with Crippen LogP contribution in [0.2, 0.25) is 0 Å². The Morgan fingerprint density at radius 3 is 2.81 bits per heavy atom. The Morgan fingerprint density at radius 1 is 1.26 bits per heavy atom. The van der Waals surface area contributed by atoms with Gasteiger partial charge in [-0.3, -0.25) is 9.69 Å². The van der Waals surface area contributed by atoms with Crippen LogP contribution >= 0.6 is 0 Å². The molecule has 0 aromatic heterocycles. The Labute approximate surface area is 160 Å². The second kappa shape index (κ2) is 9.11. The van der Waals surface area contributed by atoms with Gasteiger partial charge >= 0.3 is 0 Å². The summed E-state index contributed by atoms with van der Waals surface area (Å²) in [4.78, 5) is 14.7. The molecule has 1 fully saturated rings. The lowest BCUT2D eigenvalue weighted by molar-refractivity contribution is -0.117. The lowest BCUT2D eigenvalue weighted by Crippen LogP contribution is -2.38. The number of amides is 1. The molecule has 3 rings (SSSR count). The minimum absolute atomic E-state index is 0.0728. The third-order valence-corrected chi connectivity index (χ3v) is 4.80. The van der Waals surface area contributed by atoms with Gasteiger partial charge < -0.3 is 10.1 Å². The molecule has 2 aromatic rings. The van der Waals surface area contributed by atoms with Crippen LogP contribution in [0.4, 0.5) is 10.1 Å². The fourth-order valence-corrected chi connectivity index (χ4v) is 3.50. The molecule has 1 aliphatic rings. The monoisotopic (exact) mass is 370 g/mol. The summed E-state index contributed by atoms with van der Waals surface area (Å²) in [5.74, 6) is -0.333. The highest BCUT2D eigenvalue weighted by Gasteiger charge is 2.21. The molecule has 27 heavy (non-hydrogen) atoms. The number of ether oxygens (including phenoxy) is 1. The topological polar surface area (TPSA) is 41.6 Å². The van der Waals surface area contributed by atoms with Gasteiger partial charge in [-0.2, -0.15) is 0 Å². The highest BCUT2D eigenvalue weighted by atomic mass is 19.1. The van der Waals surface area contributed by atoms with Crippen molar-refractivity contribution in [2.75, 3.05) is 25.0 Å². The molecule has 2 aromatic carbocycles. The van der Waals surface area contributed by atoms with Crippen LogP contribution in [0.1, 0.15) is 29.5 Å². The van der Waals surface area contributed by atoms with E-state index in [0.717, 1.165) is 41.8 Å². The average molecular weight is 370 g/mol. The largest absolute Gasteiger partial charge is 0.377 e. The standard InChI is InChI=1S/C22H27FN2O2/c1-16-8-9-21(17(2)11-16)24-22(26)15-25(14-20-7-4-10-27-20)13-18-5-3-6-19(23)12-18/h3,5-6,8-9,11-12,20H,4,7,10,13-15H2,1-2H3,(H,24,26). The predicted octanol–water partition coefficient (Wildman–Crippen LogP) is 4.06. The summed E-state index contributed by atoms with van der Waals surface area (Å²) in [6, 6.07) is 12.5. The van der Waals surface area contributed by atoms with Gasteiger partial charge in [0.1, 0.15) is 5.82 Å². The van der Waals surface area contributed by atoms with Crippen LogP contribution in [0.5, 0.6) is 0 Å². The number of aryl methyl sites for hydroxylation is 2. The number of benzene rings is 2. The molecule has 0 saturated carbocycles. The minimum Gasteiger partial charge on any atom is -0.377 e. The summed E-state index contributed by atoms with van der Waals surface area (Å²) in [6.07, 6.45) is 2.18. The molecule has 1 amide bonds. The normalized spacial score (nSPS) is 16.7. The van der Waals surface area contributed by atoms with Gasteiger partial charge in [0.2, 0.25) is 5.91 Å². The summed E-state index contributed by atoms with van der Waals surface area (Å²) in [5, 5.41) is 2.99. The SMILES string of the molecule is Cc1ccc(NC(=O)CN(Cc2cccc(F)c2)CC2CCCO2)c(C)c1. The van der Waals surface area contributed by atoms with Crippen LogP contribution in [-0.2, 0) is 16.1 Å². The van der Waals surface area contributed by atoms with Crippen molar-refractivity contribution in [1.29, 1.82) is 0 Å². The first-order valence-electron chi connectivity index (χ1n) is 9.45. The molecular weight excluding hydrogens is 343 g/mol. The van der Waals surface area contributed by atoms with E-state index < -0.39 is 0 Å². The number of hydrogen-bond acceptors (Lipinski definition) is 3. The van der Waals surface area contributed by atoms with Gasteiger partial charge in [-0.1, -0.05) is 29.8 Å². The van der Waals surface area contributed by atoms with Gasteiger partial charge in [0, 0.05) is 25.4 Å². The summed E-state index contributed by atoms with van der Waals surface area (Å²) >= 11 is 0. The second-order valence-electron chi connectivity index (χ2n) is 7.30. The Kier molecular flexibility index (Phi) is 6.58. The van der Waals surface area contributed by atoms with E-state index in [9.17, 15) is 9.18 Å². The molecule has 0 spiro atoms. The highest BCUT2D eigenvalue weighted by Crippen LogP contribution is 2.18. The quantitative estimate of drug-likeness (QED) is 0.799. The molecule has 5 heteroatoms. The van der Waals surface area contributed by atoms with Crippen LogP contribution in [0, 0.1) is 19.7 Å². The molecule has 144 valence electrons. The molecule has 1 saturated heterocycles. The Bertz CT molecular complexity index is 788. The maximum atomic E-state index is 13.5. The number of anilines is 1. The maximum absolute atomic E-state index is 13.5. The lowest BCUT2D eigenvalue weighted by Gasteiger charge is -2.25. The van der Waals surface area contributed by atoms with Crippen molar-refractivity contribution >= 4 is 11.6 Å². The third kappa shape index (κ3) is 5.88. The van der Waals surface area contributed by atoms with Crippen molar-refractivity contribution in [3.63, 3.8) is 0 Å². The van der Waals surface area contributed by atoms with Crippen LogP contribution in [0.15, 0.2) is 42.5 Å². The molecule has 0 bridgehead atoms. The van der Waals surface area contributed by atoms with E-state index in [1.54, 1.807) is 6.07 Å². The zero-order chi connectivity index (χ0) is 19.2. The van der Waals surface area contributed by atoms with Gasteiger partial charge in [0.25, 0.3) is 0 Å². The number of carbonyl (C=O) groups is 1. The van der Waals surface area contributed by atoms with Crippen LogP contribution in [0.25, 0.3) is 0 Å². The van der Waals surface area contributed by atoms with Crippen molar-refractivity contribution < 1.29 is 13.9 Å². The van der Waals surface area contributed by atoms with E-state index >= 15 is 0 Å². The van der Waals surface area contributed by atoms with Crippen molar-refractivity contribution in [2.45, 2.75) is 39.3 Å². The smallest absolute Gasteiger partial charge is 0.238 e. The molecule has 1 aliphatic heterocycles. The predicted molar refractivity (Wildman–Crippen MR) is 105 cm³/mol. The Morgan fingerprint density at radius 2 is 2.11 bits per heavy atom. The third-order valence-electron chi connectivity index (χ3n) is 4.80. The Balaban J connectivity index is 1.66. The van der Waals surface area contributed by atoms with Crippen molar-refractivity contribution in [1.82, 2.24) is 4.90 Å². The van der Waals surface area contributed by atoms with Gasteiger partial charge in [0.15, 0.2) is 0 Å². The van der Waals surface area contributed by atoms with Crippen LogP contribution < -0.4 is 5.32 Å². The van der Waals surface area contributed by atoms with Crippen LogP contribution in [-0.4, -0.2) is 36.6 Å². The fourth-order valence-electron chi connectivity index (χ4n) is 3.50. The van der Waals surface area contributed by atoms with Gasteiger partial charge in [-0.25, -0.2) is 4.39 Å². The van der Waals surface area contributed by atoms with Gasteiger partial charge in [-0.15, -0.1) is 0 Å². The first kappa shape index (κ1) is 19.5. The number of halogens is 1. The lowest BCUT2D eigenvalue weighted by atomic mass is 10.1. The Hall–Kier alpha value is -2.24. The van der Waals surface area contributed by atoms with Crippen LogP contribution in [0.3, 0.4) is 0 Å². The van der Waals surface area contributed by atoms with E-state index in [-0.39, 0.29) is 24.4 Å². The van der Waals surface area contributed by atoms with E-state index in [4.69, 9.17) is 4.74 Å². The summed E-state index contributed by atoms with van der Waals surface area (Å²) in [7, 11) is 0. The van der Waals surface area contributed by atoms with Gasteiger partial charge in [-0.05, 0) is 56.0 Å². The zero-order valence-electron chi connectivity index (χ0n) is 16.0. The van der Waals surface area contributed by atoms with Crippen molar-refractivity contribution in [2.24, 2.45) is 0 Å². The highest BCUT2D eigenvalue weighted by molar-refractivity contribution is 5.93. The van der Waals surface area contributed by atoms with Crippen molar-refractivity contribution in [3.05, 3.63) is 65.0 Å². The molecule has 0 radical (unpaired) electrons. The maximum Gasteiger partial charge on any atom is 0.238 e. The number of nitrogens with one attached hydrogen (secondary N) is 1. The number of rotatable bonds is 7. The van der Waals surface area contributed by atoms with Crippen molar-refractivity contribution in [3.8, 4) is 0 Å². The minimum atomic E-state index is -0.260. The number of hydrogen-bond donors (Lipinski definition) is 1. The first-order chi connectivity index (χ1) is 13.0.